The normalized spacial score (nSPS) is 11.5. The second-order valence-corrected chi connectivity index (χ2v) is 6.55. The van der Waals surface area contributed by atoms with Crippen LogP contribution >= 0.6 is 0 Å². The van der Waals surface area contributed by atoms with Gasteiger partial charge in [0, 0.05) is 11.3 Å². The molecule has 0 bridgehead atoms. The maximum absolute atomic E-state index is 13.0. The van der Waals surface area contributed by atoms with Crippen LogP contribution in [-0.4, -0.2) is 17.0 Å². The first-order chi connectivity index (χ1) is 13.4. The number of phenolic OH excluding ortho intramolecular Hbond substituents is 1. The van der Waals surface area contributed by atoms with Crippen LogP contribution in [0, 0.1) is 13.8 Å². The molecule has 0 aromatic heterocycles. The molecule has 0 aliphatic rings. The summed E-state index contributed by atoms with van der Waals surface area (Å²) >= 11 is 0. The second kappa shape index (κ2) is 8.39. The zero-order chi connectivity index (χ0) is 20.1. The second-order valence-electron chi connectivity index (χ2n) is 6.55. The number of carbonyl (C=O) groups is 2. The summed E-state index contributed by atoms with van der Waals surface area (Å²) in [6.07, 6.45) is -1.11. The monoisotopic (exact) mass is 375 g/mol. The van der Waals surface area contributed by atoms with Crippen LogP contribution < -0.4 is 5.32 Å². The highest BCUT2D eigenvalue weighted by atomic mass is 16.5. The van der Waals surface area contributed by atoms with E-state index in [0.29, 0.717) is 11.3 Å². The standard InChI is InChI=1S/C23H21NO4/c1-15-8-9-16(2)20(14-15)24-22(26)21(17-6-4-3-5-7-17)28-23(27)18-10-12-19(25)13-11-18/h3-14,21,25H,1-2H3,(H,24,26)/t21-/m0/s1. The zero-order valence-electron chi connectivity index (χ0n) is 15.7. The Labute approximate surface area is 163 Å². The number of hydrogen-bond donors (Lipinski definition) is 2. The van der Waals surface area contributed by atoms with Gasteiger partial charge in [0.05, 0.1) is 5.56 Å². The number of rotatable bonds is 5. The average molecular weight is 375 g/mol. The first-order valence-electron chi connectivity index (χ1n) is 8.87. The number of carbonyl (C=O) groups excluding carboxylic acids is 2. The van der Waals surface area contributed by atoms with Gasteiger partial charge in [-0.25, -0.2) is 4.79 Å². The summed E-state index contributed by atoms with van der Waals surface area (Å²) in [5.41, 5.74) is 3.41. The van der Waals surface area contributed by atoms with E-state index in [1.807, 2.05) is 38.1 Å². The Morgan fingerprint density at radius 1 is 0.929 bits per heavy atom. The van der Waals surface area contributed by atoms with E-state index >= 15 is 0 Å². The predicted molar refractivity (Wildman–Crippen MR) is 107 cm³/mol. The molecule has 0 aliphatic heterocycles. The fraction of sp³-hybridized carbons (Fsp3) is 0.130. The molecule has 5 heteroatoms. The van der Waals surface area contributed by atoms with Gasteiger partial charge < -0.3 is 15.2 Å². The molecule has 0 saturated carbocycles. The number of aryl methyl sites for hydroxylation is 2. The first kappa shape index (κ1) is 19.2. The minimum absolute atomic E-state index is 0.0452. The minimum Gasteiger partial charge on any atom is -0.508 e. The molecule has 142 valence electrons. The summed E-state index contributed by atoms with van der Waals surface area (Å²) in [4.78, 5) is 25.5. The molecule has 3 rings (SSSR count). The van der Waals surface area contributed by atoms with E-state index in [9.17, 15) is 14.7 Å². The summed E-state index contributed by atoms with van der Waals surface area (Å²) in [7, 11) is 0. The van der Waals surface area contributed by atoms with Crippen LogP contribution in [0.2, 0.25) is 0 Å². The Hall–Kier alpha value is -3.60. The van der Waals surface area contributed by atoms with E-state index in [1.54, 1.807) is 24.3 Å². The van der Waals surface area contributed by atoms with Gasteiger partial charge in [0.2, 0.25) is 6.10 Å². The van der Waals surface area contributed by atoms with Crippen molar-refractivity contribution in [3.63, 3.8) is 0 Å². The molecule has 5 nitrogen and oxygen atoms in total. The van der Waals surface area contributed by atoms with Gasteiger partial charge in [0.15, 0.2) is 0 Å². The highest BCUT2D eigenvalue weighted by Gasteiger charge is 2.26. The third-order valence-electron chi connectivity index (χ3n) is 4.32. The number of benzene rings is 3. The van der Waals surface area contributed by atoms with Gasteiger partial charge in [0.25, 0.3) is 5.91 Å². The van der Waals surface area contributed by atoms with Crippen molar-refractivity contribution in [1.82, 2.24) is 0 Å². The van der Waals surface area contributed by atoms with E-state index < -0.39 is 18.0 Å². The quantitative estimate of drug-likeness (QED) is 0.642. The Balaban J connectivity index is 1.86. The van der Waals surface area contributed by atoms with Crippen LogP contribution in [0.5, 0.6) is 5.75 Å². The molecule has 0 fully saturated rings. The molecule has 3 aromatic rings. The largest absolute Gasteiger partial charge is 0.508 e. The van der Waals surface area contributed by atoms with E-state index in [-0.39, 0.29) is 11.3 Å². The van der Waals surface area contributed by atoms with Gasteiger partial charge in [-0.15, -0.1) is 0 Å². The molecule has 0 radical (unpaired) electrons. The highest BCUT2D eigenvalue weighted by Crippen LogP contribution is 2.24. The number of anilines is 1. The van der Waals surface area contributed by atoms with Gasteiger partial charge in [-0.2, -0.15) is 0 Å². The van der Waals surface area contributed by atoms with Crippen molar-refractivity contribution >= 4 is 17.6 Å². The van der Waals surface area contributed by atoms with Crippen molar-refractivity contribution in [3.8, 4) is 5.75 Å². The van der Waals surface area contributed by atoms with Crippen LogP contribution in [0.3, 0.4) is 0 Å². The number of phenols is 1. The fourth-order valence-corrected chi connectivity index (χ4v) is 2.74. The Morgan fingerprint density at radius 2 is 1.61 bits per heavy atom. The highest BCUT2D eigenvalue weighted by molar-refractivity contribution is 5.98. The van der Waals surface area contributed by atoms with E-state index in [4.69, 9.17) is 4.74 Å². The van der Waals surface area contributed by atoms with E-state index in [1.165, 1.54) is 24.3 Å². The number of esters is 1. The lowest BCUT2D eigenvalue weighted by Gasteiger charge is -2.19. The smallest absolute Gasteiger partial charge is 0.339 e. The van der Waals surface area contributed by atoms with Crippen LogP contribution in [0.1, 0.15) is 33.2 Å². The Bertz CT molecular complexity index is 981. The third kappa shape index (κ3) is 4.57. The van der Waals surface area contributed by atoms with Gasteiger partial charge in [-0.05, 0) is 55.3 Å². The molecular weight excluding hydrogens is 354 g/mol. The number of hydrogen-bond acceptors (Lipinski definition) is 4. The molecule has 0 unspecified atom stereocenters. The van der Waals surface area contributed by atoms with E-state index in [2.05, 4.69) is 5.32 Å². The van der Waals surface area contributed by atoms with Crippen LogP contribution in [0.15, 0.2) is 72.8 Å². The molecule has 28 heavy (non-hydrogen) atoms. The number of nitrogens with one attached hydrogen (secondary N) is 1. The molecule has 2 N–H and O–H groups in total. The molecule has 0 saturated heterocycles. The first-order valence-corrected chi connectivity index (χ1v) is 8.87. The number of ether oxygens (including phenoxy) is 1. The molecule has 1 atom stereocenters. The molecule has 0 spiro atoms. The van der Waals surface area contributed by atoms with Crippen molar-refractivity contribution < 1.29 is 19.4 Å². The summed E-state index contributed by atoms with van der Waals surface area (Å²) in [6.45, 7) is 3.84. The topological polar surface area (TPSA) is 75.6 Å². The minimum atomic E-state index is -1.11. The number of amides is 1. The van der Waals surface area contributed by atoms with Gasteiger partial charge in [-0.3, -0.25) is 4.79 Å². The molecule has 3 aromatic carbocycles. The van der Waals surface area contributed by atoms with Crippen molar-refractivity contribution in [2.24, 2.45) is 0 Å². The maximum Gasteiger partial charge on any atom is 0.339 e. The average Bonchev–Trinajstić information content (AvgIpc) is 2.70. The van der Waals surface area contributed by atoms with Crippen LogP contribution in [-0.2, 0) is 9.53 Å². The lowest BCUT2D eigenvalue weighted by Crippen LogP contribution is -2.26. The van der Waals surface area contributed by atoms with Gasteiger partial charge >= 0.3 is 5.97 Å². The summed E-state index contributed by atoms with van der Waals surface area (Å²) < 4.78 is 5.53. The number of aromatic hydroxyl groups is 1. The third-order valence-corrected chi connectivity index (χ3v) is 4.32. The van der Waals surface area contributed by atoms with Crippen LogP contribution in [0.25, 0.3) is 0 Å². The van der Waals surface area contributed by atoms with E-state index in [0.717, 1.165) is 11.1 Å². The van der Waals surface area contributed by atoms with Gasteiger partial charge in [0.1, 0.15) is 5.75 Å². The van der Waals surface area contributed by atoms with Crippen molar-refractivity contribution in [3.05, 3.63) is 95.1 Å². The Kier molecular flexibility index (Phi) is 5.75. The SMILES string of the molecule is Cc1ccc(C)c(NC(=O)[C@@H](OC(=O)c2ccc(O)cc2)c2ccccc2)c1. The molecule has 1 amide bonds. The fourth-order valence-electron chi connectivity index (χ4n) is 2.74. The van der Waals surface area contributed by atoms with Crippen molar-refractivity contribution in [1.29, 1.82) is 0 Å². The summed E-state index contributed by atoms with van der Waals surface area (Å²) in [5, 5.41) is 12.2. The molecule has 0 aliphatic carbocycles. The predicted octanol–water partition coefficient (Wildman–Crippen LogP) is 4.55. The molecular formula is C23H21NO4. The molecule has 0 heterocycles. The van der Waals surface area contributed by atoms with Crippen LogP contribution in [0.4, 0.5) is 5.69 Å². The lowest BCUT2D eigenvalue weighted by atomic mass is 10.1. The zero-order valence-corrected chi connectivity index (χ0v) is 15.7. The van der Waals surface area contributed by atoms with Crippen molar-refractivity contribution in [2.45, 2.75) is 20.0 Å². The van der Waals surface area contributed by atoms with Crippen molar-refractivity contribution in [2.75, 3.05) is 5.32 Å². The Morgan fingerprint density at radius 3 is 2.29 bits per heavy atom. The summed E-state index contributed by atoms with van der Waals surface area (Å²) in [6, 6.07) is 20.3. The van der Waals surface area contributed by atoms with Gasteiger partial charge in [-0.1, -0.05) is 42.5 Å². The summed E-state index contributed by atoms with van der Waals surface area (Å²) in [5.74, 6) is -1.04. The maximum atomic E-state index is 13.0. The lowest BCUT2D eigenvalue weighted by molar-refractivity contribution is -0.125.